The Morgan fingerprint density at radius 3 is 2.74 bits per heavy atom. The van der Waals surface area contributed by atoms with Crippen molar-refractivity contribution in [1.82, 2.24) is 5.43 Å². The summed E-state index contributed by atoms with van der Waals surface area (Å²) in [6.45, 7) is 0. The van der Waals surface area contributed by atoms with Crippen LogP contribution in [0.15, 0.2) is 21.9 Å². The molecule has 0 amide bonds. The predicted molar refractivity (Wildman–Crippen MR) is 78.5 cm³/mol. The Balaban J connectivity index is 1.82. The van der Waals surface area contributed by atoms with Gasteiger partial charge in [-0.05, 0) is 55.4 Å². The fourth-order valence-electron chi connectivity index (χ4n) is 3.16. The summed E-state index contributed by atoms with van der Waals surface area (Å²) in [5.74, 6) is 6.27. The maximum Gasteiger partial charge on any atom is 0.211 e. The second kappa shape index (κ2) is 5.59. The average molecular weight is 279 g/mol. The summed E-state index contributed by atoms with van der Waals surface area (Å²) >= 11 is 1.58. The maximum atomic E-state index is 8.14. The fraction of sp³-hybridized carbons (Fsp3) is 0.643. The number of thioether (sulfide) groups is 1. The first-order chi connectivity index (χ1) is 9.29. The molecule has 0 aromatic heterocycles. The summed E-state index contributed by atoms with van der Waals surface area (Å²) < 4.78 is 6.06. The van der Waals surface area contributed by atoms with Crippen molar-refractivity contribution in [1.29, 1.82) is 5.41 Å². The Labute approximate surface area is 118 Å². The Kier molecular flexibility index (Phi) is 3.84. The molecule has 0 spiro atoms. The van der Waals surface area contributed by atoms with Crippen molar-refractivity contribution >= 4 is 16.8 Å². The van der Waals surface area contributed by atoms with E-state index < -0.39 is 0 Å². The van der Waals surface area contributed by atoms with Crippen LogP contribution in [-0.2, 0) is 4.74 Å². The minimum Gasteiger partial charge on any atom is -0.475 e. The number of allylic oxidation sites excluding steroid dienone is 2. The zero-order valence-electron chi connectivity index (χ0n) is 11.1. The second-order valence-electron chi connectivity index (χ2n) is 5.41. The average Bonchev–Trinajstić information content (AvgIpc) is 2.98. The van der Waals surface area contributed by atoms with Crippen LogP contribution in [-0.4, -0.2) is 11.1 Å². The molecule has 0 saturated heterocycles. The number of nitrogens with one attached hydrogen (secondary N) is 2. The van der Waals surface area contributed by atoms with Crippen molar-refractivity contribution < 1.29 is 4.74 Å². The normalized spacial score (nSPS) is 26.7. The topological polar surface area (TPSA) is 71.1 Å². The summed E-state index contributed by atoms with van der Waals surface area (Å²) in [4.78, 5) is 1.35. The highest BCUT2D eigenvalue weighted by Crippen LogP contribution is 2.47. The third kappa shape index (κ3) is 2.54. The first-order valence-corrected chi connectivity index (χ1v) is 7.98. The Morgan fingerprint density at radius 1 is 1.21 bits per heavy atom. The molecule has 2 aliphatic carbocycles. The van der Waals surface area contributed by atoms with Gasteiger partial charge in [0.25, 0.3) is 0 Å². The number of ether oxygens (including phenoxy) is 1. The molecular formula is C14H21N3OS. The number of nitrogens with two attached hydrogens (primary N) is 1. The van der Waals surface area contributed by atoms with Gasteiger partial charge in [0.2, 0.25) is 5.88 Å². The molecule has 3 aliphatic rings. The molecule has 0 unspecified atom stereocenters. The molecular weight excluding hydrogens is 258 g/mol. The van der Waals surface area contributed by atoms with Crippen molar-refractivity contribution in [3.8, 4) is 0 Å². The smallest absolute Gasteiger partial charge is 0.211 e. The number of hydrogen-bond acceptors (Lipinski definition) is 5. The van der Waals surface area contributed by atoms with E-state index in [-0.39, 0.29) is 6.10 Å². The minimum absolute atomic E-state index is 0.260. The van der Waals surface area contributed by atoms with Gasteiger partial charge in [0.1, 0.15) is 11.1 Å². The van der Waals surface area contributed by atoms with Gasteiger partial charge < -0.3 is 4.74 Å². The lowest BCUT2D eigenvalue weighted by Crippen LogP contribution is -2.30. The standard InChI is InChI=1S/C14H21N3OS/c15-13-12(10-7-4-8-11(10)19-13)14(17-16)18-9-5-2-1-3-6-9/h9,15,17H,1-8,16H2/b14-12+,15-13?. The first-order valence-electron chi connectivity index (χ1n) is 7.16. The van der Waals surface area contributed by atoms with Crippen LogP contribution in [0.5, 0.6) is 0 Å². The van der Waals surface area contributed by atoms with Crippen LogP contribution < -0.4 is 11.3 Å². The summed E-state index contributed by atoms with van der Waals surface area (Å²) in [6.07, 6.45) is 9.59. The molecule has 1 saturated carbocycles. The van der Waals surface area contributed by atoms with Gasteiger partial charge in [-0.25, -0.2) is 5.84 Å². The molecule has 0 radical (unpaired) electrons. The molecule has 3 rings (SSSR count). The maximum absolute atomic E-state index is 8.14. The van der Waals surface area contributed by atoms with Crippen LogP contribution in [0.1, 0.15) is 51.4 Å². The lowest BCUT2D eigenvalue weighted by atomic mass is 9.98. The van der Waals surface area contributed by atoms with Gasteiger partial charge in [-0.2, -0.15) is 0 Å². The third-order valence-corrected chi connectivity index (χ3v) is 5.22. The van der Waals surface area contributed by atoms with E-state index in [0.717, 1.165) is 31.3 Å². The van der Waals surface area contributed by atoms with Crippen molar-refractivity contribution in [2.45, 2.75) is 57.5 Å². The van der Waals surface area contributed by atoms with E-state index in [9.17, 15) is 0 Å². The van der Waals surface area contributed by atoms with E-state index >= 15 is 0 Å². The molecule has 104 valence electrons. The molecule has 0 aromatic carbocycles. The Bertz CT molecular complexity index is 450. The molecule has 0 aromatic rings. The van der Waals surface area contributed by atoms with Crippen molar-refractivity contribution in [2.24, 2.45) is 5.84 Å². The SMILES string of the molecule is N=C1SC2=C(CCC2)/C1=C(/NN)OC1CCCCC1. The van der Waals surface area contributed by atoms with Gasteiger partial charge in [0.05, 0.1) is 5.57 Å². The van der Waals surface area contributed by atoms with Gasteiger partial charge in [-0.15, -0.1) is 0 Å². The van der Waals surface area contributed by atoms with Crippen LogP contribution in [0.25, 0.3) is 0 Å². The molecule has 1 fully saturated rings. The van der Waals surface area contributed by atoms with E-state index in [1.807, 2.05) is 0 Å². The summed E-state index contributed by atoms with van der Waals surface area (Å²) in [7, 11) is 0. The Hall–Kier alpha value is -0.940. The van der Waals surface area contributed by atoms with Gasteiger partial charge in [0, 0.05) is 0 Å². The van der Waals surface area contributed by atoms with Crippen molar-refractivity contribution in [2.75, 3.05) is 0 Å². The molecule has 4 N–H and O–H groups in total. The molecule has 5 heteroatoms. The minimum atomic E-state index is 0.260. The van der Waals surface area contributed by atoms with Crippen LogP contribution in [0, 0.1) is 5.41 Å². The predicted octanol–water partition coefficient (Wildman–Crippen LogP) is 3.17. The number of rotatable bonds is 3. The summed E-state index contributed by atoms with van der Waals surface area (Å²) in [6, 6.07) is 0. The van der Waals surface area contributed by atoms with Crippen LogP contribution in [0.3, 0.4) is 0 Å². The quantitative estimate of drug-likeness (QED) is 0.421. The number of hydrogen-bond donors (Lipinski definition) is 3. The molecule has 1 aliphatic heterocycles. The first kappa shape index (κ1) is 13.1. The van der Waals surface area contributed by atoms with Crippen LogP contribution in [0.4, 0.5) is 0 Å². The fourth-order valence-corrected chi connectivity index (χ4v) is 4.30. The lowest BCUT2D eigenvalue weighted by Gasteiger charge is -2.25. The van der Waals surface area contributed by atoms with E-state index in [0.29, 0.717) is 10.9 Å². The molecule has 4 nitrogen and oxygen atoms in total. The van der Waals surface area contributed by atoms with Crippen molar-refractivity contribution in [3.63, 3.8) is 0 Å². The summed E-state index contributed by atoms with van der Waals surface area (Å²) in [5, 5.41) is 8.73. The zero-order chi connectivity index (χ0) is 13.2. The second-order valence-corrected chi connectivity index (χ2v) is 6.52. The molecule has 0 bridgehead atoms. The van der Waals surface area contributed by atoms with Crippen LogP contribution in [0.2, 0.25) is 0 Å². The summed E-state index contributed by atoms with van der Waals surface area (Å²) in [5.41, 5.74) is 4.92. The van der Waals surface area contributed by atoms with Crippen LogP contribution >= 0.6 is 11.8 Å². The number of hydrazine groups is 1. The largest absolute Gasteiger partial charge is 0.475 e. The Morgan fingerprint density at radius 2 is 2.00 bits per heavy atom. The van der Waals surface area contributed by atoms with Gasteiger partial charge >= 0.3 is 0 Å². The highest BCUT2D eigenvalue weighted by Gasteiger charge is 2.33. The van der Waals surface area contributed by atoms with E-state index in [1.165, 1.54) is 36.2 Å². The molecule has 1 heterocycles. The highest BCUT2D eigenvalue weighted by molar-refractivity contribution is 8.18. The zero-order valence-corrected chi connectivity index (χ0v) is 11.9. The van der Waals surface area contributed by atoms with Gasteiger partial charge in [-0.3, -0.25) is 10.8 Å². The molecule has 19 heavy (non-hydrogen) atoms. The lowest BCUT2D eigenvalue weighted by molar-refractivity contribution is 0.0696. The van der Waals surface area contributed by atoms with E-state index in [2.05, 4.69) is 5.43 Å². The van der Waals surface area contributed by atoms with E-state index in [4.69, 9.17) is 16.0 Å². The highest BCUT2D eigenvalue weighted by atomic mass is 32.2. The molecule has 0 atom stereocenters. The van der Waals surface area contributed by atoms with Gasteiger partial charge in [0.15, 0.2) is 0 Å². The third-order valence-electron chi connectivity index (χ3n) is 4.12. The van der Waals surface area contributed by atoms with Gasteiger partial charge in [-0.1, -0.05) is 18.2 Å². The monoisotopic (exact) mass is 279 g/mol. The van der Waals surface area contributed by atoms with Crippen molar-refractivity contribution in [3.05, 3.63) is 21.9 Å². The van der Waals surface area contributed by atoms with E-state index in [1.54, 1.807) is 11.8 Å².